The molecule has 7 heteroatoms. The lowest BCUT2D eigenvalue weighted by Crippen LogP contribution is -2.39. The van der Waals surface area contributed by atoms with Crippen LogP contribution in [0.25, 0.3) is 0 Å². The minimum absolute atomic E-state index is 0.0338. The number of ether oxygens (including phenoxy) is 2. The second-order valence-electron chi connectivity index (χ2n) is 8.05. The van der Waals surface area contributed by atoms with Crippen LogP contribution in [0.15, 0.2) is 36.5 Å². The molecule has 0 amide bonds. The Morgan fingerprint density at radius 2 is 2.03 bits per heavy atom. The summed E-state index contributed by atoms with van der Waals surface area (Å²) in [6, 6.07) is 10.5. The van der Waals surface area contributed by atoms with Gasteiger partial charge in [0.15, 0.2) is 0 Å². The van der Waals surface area contributed by atoms with Gasteiger partial charge in [0.1, 0.15) is 11.6 Å². The summed E-state index contributed by atoms with van der Waals surface area (Å²) in [6.07, 6.45) is 4.59. The first-order valence-corrected chi connectivity index (χ1v) is 11.6. The number of hydrogen-bond donors (Lipinski definition) is 2. The molecule has 3 rings (SSSR count). The van der Waals surface area contributed by atoms with Gasteiger partial charge >= 0.3 is 5.97 Å². The first-order valence-electron chi connectivity index (χ1n) is 11.6. The van der Waals surface area contributed by atoms with E-state index in [0.29, 0.717) is 12.6 Å². The number of anilines is 3. The number of nitrogens with zero attached hydrogens (tertiary/aromatic N) is 2. The maximum absolute atomic E-state index is 11.4. The van der Waals surface area contributed by atoms with Crippen molar-refractivity contribution in [3.05, 3.63) is 42.1 Å². The zero-order valence-electron chi connectivity index (χ0n) is 19.3. The molecule has 1 aliphatic heterocycles. The molecular weight excluding hydrogens is 406 g/mol. The first kappa shape index (κ1) is 23.9. The molecule has 7 nitrogen and oxygen atoms in total. The summed E-state index contributed by atoms with van der Waals surface area (Å²) in [5.74, 6) is 0.646. The van der Waals surface area contributed by atoms with Gasteiger partial charge in [-0.3, -0.25) is 4.79 Å². The Hall–Kier alpha value is -2.80. The molecule has 2 heterocycles. The lowest BCUT2D eigenvalue weighted by Gasteiger charge is -2.36. The van der Waals surface area contributed by atoms with E-state index in [1.54, 1.807) is 6.20 Å². The molecule has 2 N–H and O–H groups in total. The van der Waals surface area contributed by atoms with Crippen LogP contribution in [-0.4, -0.2) is 48.5 Å². The molecule has 1 aromatic heterocycles. The number of benzene rings is 1. The maximum Gasteiger partial charge on any atom is 0.303 e. The zero-order valence-corrected chi connectivity index (χ0v) is 19.3. The maximum atomic E-state index is 11.4. The fraction of sp³-hybridized carbons (Fsp3) is 0.520. The van der Waals surface area contributed by atoms with Crippen molar-refractivity contribution in [3.63, 3.8) is 0 Å². The number of carboxylic acid groups (broad SMARTS) is 1. The smallest absolute Gasteiger partial charge is 0.303 e. The highest BCUT2D eigenvalue weighted by atomic mass is 16.5. The molecule has 0 bridgehead atoms. The van der Waals surface area contributed by atoms with Gasteiger partial charge in [-0.25, -0.2) is 4.98 Å². The van der Waals surface area contributed by atoms with Gasteiger partial charge < -0.3 is 24.8 Å². The molecule has 0 saturated carbocycles. The molecule has 32 heavy (non-hydrogen) atoms. The summed E-state index contributed by atoms with van der Waals surface area (Å²) in [4.78, 5) is 18.3. The third-order valence-electron chi connectivity index (χ3n) is 6.00. The van der Waals surface area contributed by atoms with E-state index in [9.17, 15) is 9.90 Å². The molecule has 0 unspecified atom stereocenters. The Morgan fingerprint density at radius 3 is 2.62 bits per heavy atom. The van der Waals surface area contributed by atoms with Gasteiger partial charge in [-0.15, -0.1) is 0 Å². The molecule has 174 valence electrons. The van der Waals surface area contributed by atoms with Crippen LogP contribution in [-0.2, 0) is 9.53 Å². The minimum atomic E-state index is -0.777. The van der Waals surface area contributed by atoms with Crippen molar-refractivity contribution in [3.8, 4) is 5.75 Å². The van der Waals surface area contributed by atoms with Crippen molar-refractivity contribution in [1.82, 2.24) is 4.98 Å². The molecule has 0 aliphatic carbocycles. The van der Waals surface area contributed by atoms with Gasteiger partial charge in [-0.1, -0.05) is 13.0 Å². The SMILES string of the molecule is CCOc1ccc(Nc2cc([C@H](CC)CC(=O)O)ccc2N(CC)C2CCOCC2)nc1. The second-order valence-corrected chi connectivity index (χ2v) is 8.05. The quantitative estimate of drug-likeness (QED) is 0.496. The lowest BCUT2D eigenvalue weighted by atomic mass is 9.92. The van der Waals surface area contributed by atoms with Crippen molar-refractivity contribution >= 4 is 23.2 Å². The number of aromatic nitrogens is 1. The largest absolute Gasteiger partial charge is 0.492 e. The van der Waals surface area contributed by atoms with Crippen LogP contribution in [0.3, 0.4) is 0 Å². The van der Waals surface area contributed by atoms with E-state index in [0.717, 1.165) is 67.5 Å². The lowest BCUT2D eigenvalue weighted by molar-refractivity contribution is -0.137. The Morgan fingerprint density at radius 1 is 1.25 bits per heavy atom. The average Bonchev–Trinajstić information content (AvgIpc) is 2.81. The van der Waals surface area contributed by atoms with Crippen molar-refractivity contribution in [2.45, 2.75) is 58.4 Å². The molecule has 1 fully saturated rings. The summed E-state index contributed by atoms with van der Waals surface area (Å²) < 4.78 is 11.1. The van der Waals surface area contributed by atoms with Gasteiger partial charge in [0.05, 0.1) is 30.6 Å². The molecule has 1 aromatic carbocycles. The number of pyridine rings is 1. The number of carboxylic acids is 1. The number of nitrogens with one attached hydrogen (secondary N) is 1. The Kier molecular flexibility index (Phi) is 8.73. The van der Waals surface area contributed by atoms with Gasteiger partial charge in [0, 0.05) is 25.8 Å². The Bertz CT molecular complexity index is 866. The van der Waals surface area contributed by atoms with Crippen LogP contribution in [0, 0.1) is 0 Å². The van der Waals surface area contributed by atoms with E-state index in [4.69, 9.17) is 9.47 Å². The number of hydrogen-bond acceptors (Lipinski definition) is 6. The van der Waals surface area contributed by atoms with E-state index in [1.807, 2.05) is 26.0 Å². The number of rotatable bonds is 11. The summed E-state index contributed by atoms with van der Waals surface area (Å²) in [5, 5.41) is 12.8. The highest BCUT2D eigenvalue weighted by molar-refractivity contribution is 5.76. The van der Waals surface area contributed by atoms with Crippen molar-refractivity contribution in [1.29, 1.82) is 0 Å². The highest BCUT2D eigenvalue weighted by Crippen LogP contribution is 2.36. The Balaban J connectivity index is 1.96. The fourth-order valence-corrected chi connectivity index (χ4v) is 4.33. The first-order chi connectivity index (χ1) is 15.5. The van der Waals surface area contributed by atoms with Gasteiger partial charge in [0.2, 0.25) is 0 Å². The second kappa shape index (κ2) is 11.7. The zero-order chi connectivity index (χ0) is 22.9. The molecule has 1 saturated heterocycles. The molecular formula is C25H35N3O4. The molecule has 0 spiro atoms. The van der Waals surface area contributed by atoms with Crippen molar-refractivity contribution in [2.75, 3.05) is 36.6 Å². The molecule has 0 radical (unpaired) electrons. The van der Waals surface area contributed by atoms with Crippen LogP contribution in [0.1, 0.15) is 57.9 Å². The predicted octanol–water partition coefficient (Wildman–Crippen LogP) is 5.20. The summed E-state index contributed by atoms with van der Waals surface area (Å²) in [6.45, 7) is 9.17. The monoisotopic (exact) mass is 441 g/mol. The summed E-state index contributed by atoms with van der Waals surface area (Å²) >= 11 is 0. The molecule has 1 atom stereocenters. The number of aliphatic carboxylic acids is 1. The van der Waals surface area contributed by atoms with E-state index in [2.05, 4.69) is 40.3 Å². The summed E-state index contributed by atoms with van der Waals surface area (Å²) in [7, 11) is 0. The van der Waals surface area contributed by atoms with Crippen LogP contribution < -0.4 is 15.0 Å². The minimum Gasteiger partial charge on any atom is -0.492 e. The average molecular weight is 442 g/mol. The van der Waals surface area contributed by atoms with E-state index < -0.39 is 5.97 Å². The predicted molar refractivity (Wildman–Crippen MR) is 127 cm³/mol. The topological polar surface area (TPSA) is 83.9 Å². The van der Waals surface area contributed by atoms with Crippen LogP contribution in [0.4, 0.5) is 17.2 Å². The number of carbonyl (C=O) groups is 1. The molecule has 2 aromatic rings. The fourth-order valence-electron chi connectivity index (χ4n) is 4.33. The van der Waals surface area contributed by atoms with Gasteiger partial charge in [-0.05, 0) is 68.9 Å². The standard InChI is InChI=1S/C25H35N3O4/c1-4-18(16-25(29)30)19-7-9-23(28(5-2)20-11-13-31-14-12-20)22(15-19)27-24-10-8-21(17-26-24)32-6-3/h7-10,15,17-18,20H,4-6,11-14,16H2,1-3H3,(H,26,27)(H,29,30)/t18-/m1/s1. The highest BCUT2D eigenvalue weighted by Gasteiger charge is 2.24. The third kappa shape index (κ3) is 6.13. The molecule has 1 aliphatic rings. The normalized spacial score (nSPS) is 15.2. The van der Waals surface area contributed by atoms with E-state index in [1.165, 1.54) is 0 Å². The van der Waals surface area contributed by atoms with Crippen LogP contribution in [0.2, 0.25) is 0 Å². The van der Waals surface area contributed by atoms with Crippen molar-refractivity contribution < 1.29 is 19.4 Å². The third-order valence-corrected chi connectivity index (χ3v) is 6.00. The summed E-state index contributed by atoms with van der Waals surface area (Å²) in [5.41, 5.74) is 3.07. The van der Waals surface area contributed by atoms with Crippen LogP contribution >= 0.6 is 0 Å². The van der Waals surface area contributed by atoms with E-state index in [-0.39, 0.29) is 12.3 Å². The Labute approximate surface area is 190 Å². The van der Waals surface area contributed by atoms with Gasteiger partial charge in [0.25, 0.3) is 0 Å². The van der Waals surface area contributed by atoms with E-state index >= 15 is 0 Å². The van der Waals surface area contributed by atoms with Crippen LogP contribution in [0.5, 0.6) is 5.75 Å². The van der Waals surface area contributed by atoms with Gasteiger partial charge in [-0.2, -0.15) is 0 Å². The van der Waals surface area contributed by atoms with Crippen molar-refractivity contribution in [2.24, 2.45) is 0 Å².